The van der Waals surface area contributed by atoms with Gasteiger partial charge in [0.15, 0.2) is 11.2 Å². The van der Waals surface area contributed by atoms with Crippen molar-refractivity contribution in [1.29, 1.82) is 0 Å². The van der Waals surface area contributed by atoms with E-state index in [0.717, 1.165) is 6.54 Å². The number of aliphatic hydroxyl groups is 1. The zero-order chi connectivity index (χ0) is 15.1. The summed E-state index contributed by atoms with van der Waals surface area (Å²) in [6.07, 6.45) is -0.505. The van der Waals surface area contributed by atoms with Gasteiger partial charge in [-0.1, -0.05) is 0 Å². The lowest BCUT2D eigenvalue weighted by Crippen LogP contribution is -2.34. The number of aromatic amines is 1. The molecule has 9 nitrogen and oxygen atoms in total. The topological polar surface area (TPSA) is 108 Å². The summed E-state index contributed by atoms with van der Waals surface area (Å²) >= 11 is 0. The van der Waals surface area contributed by atoms with Crippen LogP contribution in [0.2, 0.25) is 0 Å². The van der Waals surface area contributed by atoms with Crippen LogP contribution in [0.25, 0.3) is 11.2 Å². The molecule has 114 valence electrons. The van der Waals surface area contributed by atoms with Crippen LogP contribution in [0.15, 0.2) is 9.59 Å². The molecule has 2 aromatic heterocycles. The zero-order valence-electron chi connectivity index (χ0n) is 12.0. The van der Waals surface area contributed by atoms with Crippen LogP contribution in [0.1, 0.15) is 0 Å². The summed E-state index contributed by atoms with van der Waals surface area (Å²) in [7, 11) is 3.30. The normalized spacial score (nSPS) is 20.0. The van der Waals surface area contributed by atoms with E-state index in [9.17, 15) is 14.7 Å². The Hall–Kier alpha value is -2.13. The van der Waals surface area contributed by atoms with Crippen molar-refractivity contribution in [3.05, 3.63) is 20.8 Å². The molecule has 21 heavy (non-hydrogen) atoms. The van der Waals surface area contributed by atoms with Gasteiger partial charge in [-0.3, -0.25) is 14.3 Å². The molecule has 3 rings (SSSR count). The van der Waals surface area contributed by atoms with Crippen LogP contribution in [0.4, 0.5) is 5.95 Å². The number of aliphatic hydroxyl groups excluding tert-OH is 1. The van der Waals surface area contributed by atoms with Gasteiger partial charge in [-0.2, -0.15) is 4.98 Å². The highest BCUT2D eigenvalue weighted by Crippen LogP contribution is 2.18. The van der Waals surface area contributed by atoms with E-state index in [1.54, 1.807) is 18.7 Å². The minimum atomic E-state index is -0.505. The van der Waals surface area contributed by atoms with Crippen molar-refractivity contribution in [3.63, 3.8) is 0 Å². The number of fused-ring (bicyclic) bond motifs is 1. The predicted octanol–water partition coefficient (Wildman–Crippen LogP) is -2.27. The van der Waals surface area contributed by atoms with Crippen molar-refractivity contribution >= 4 is 17.1 Å². The first-order valence-electron chi connectivity index (χ1n) is 6.78. The van der Waals surface area contributed by atoms with E-state index in [-0.39, 0.29) is 0 Å². The number of aromatic nitrogens is 4. The second-order valence-electron chi connectivity index (χ2n) is 5.27. The molecule has 0 radical (unpaired) electrons. The van der Waals surface area contributed by atoms with Gasteiger partial charge in [0.05, 0.1) is 6.10 Å². The number of nitrogens with one attached hydrogen (secondary N) is 2. The van der Waals surface area contributed by atoms with Gasteiger partial charge in [0, 0.05) is 40.3 Å². The standard InChI is InChI=1S/C12H18N6O3/c1-16-8-9(17(2)12(21)15-10(8)20)14-11(16)18-4-3-13-5-7(19)6-18/h7,13,19H,3-6H2,1-2H3,(H,15,20,21)/t7-/m1/s1. The lowest BCUT2D eigenvalue weighted by atomic mass is 10.3. The number of H-pyrrole nitrogens is 1. The molecule has 0 saturated carbocycles. The summed E-state index contributed by atoms with van der Waals surface area (Å²) < 4.78 is 2.97. The van der Waals surface area contributed by atoms with Crippen molar-refractivity contribution in [1.82, 2.24) is 24.4 Å². The van der Waals surface area contributed by atoms with E-state index in [2.05, 4.69) is 15.3 Å². The molecule has 3 N–H and O–H groups in total. The second kappa shape index (κ2) is 5.01. The van der Waals surface area contributed by atoms with Gasteiger partial charge in [-0.05, 0) is 0 Å². The van der Waals surface area contributed by atoms with Crippen molar-refractivity contribution in [2.75, 3.05) is 31.1 Å². The maximum Gasteiger partial charge on any atom is 0.329 e. The predicted molar refractivity (Wildman–Crippen MR) is 77.7 cm³/mol. The fourth-order valence-corrected chi connectivity index (χ4v) is 2.65. The Balaban J connectivity index is 2.18. The number of hydrogen-bond acceptors (Lipinski definition) is 6. The monoisotopic (exact) mass is 294 g/mol. The number of rotatable bonds is 1. The minimum absolute atomic E-state index is 0.341. The summed E-state index contributed by atoms with van der Waals surface area (Å²) in [4.78, 5) is 32.3. The Labute approximate surface area is 119 Å². The highest BCUT2D eigenvalue weighted by atomic mass is 16.3. The first-order valence-corrected chi connectivity index (χ1v) is 6.78. The van der Waals surface area contributed by atoms with Gasteiger partial charge >= 0.3 is 5.69 Å². The summed E-state index contributed by atoms with van der Waals surface area (Å²) in [6.45, 7) is 2.34. The van der Waals surface area contributed by atoms with Gasteiger partial charge in [-0.25, -0.2) is 4.79 Å². The fraction of sp³-hybridized carbons (Fsp3) is 0.583. The quantitative estimate of drug-likeness (QED) is 0.547. The summed E-state index contributed by atoms with van der Waals surface area (Å²) in [5.41, 5.74) is -0.260. The van der Waals surface area contributed by atoms with Crippen LogP contribution in [-0.4, -0.2) is 56.5 Å². The van der Waals surface area contributed by atoms with Crippen LogP contribution in [0.5, 0.6) is 0 Å². The Morgan fingerprint density at radius 3 is 2.81 bits per heavy atom. The second-order valence-corrected chi connectivity index (χ2v) is 5.27. The third-order valence-corrected chi connectivity index (χ3v) is 3.76. The van der Waals surface area contributed by atoms with E-state index < -0.39 is 17.4 Å². The van der Waals surface area contributed by atoms with Crippen LogP contribution < -0.4 is 21.5 Å². The average molecular weight is 294 g/mol. The number of hydrogen-bond donors (Lipinski definition) is 3. The Bertz CT molecular complexity index is 789. The van der Waals surface area contributed by atoms with E-state index >= 15 is 0 Å². The molecule has 1 fully saturated rings. The Morgan fingerprint density at radius 2 is 2.05 bits per heavy atom. The summed E-state index contributed by atoms with van der Waals surface area (Å²) in [5, 5.41) is 13.0. The Morgan fingerprint density at radius 1 is 1.29 bits per heavy atom. The third-order valence-electron chi connectivity index (χ3n) is 3.76. The van der Waals surface area contributed by atoms with Gasteiger partial charge in [0.2, 0.25) is 5.95 Å². The molecule has 1 saturated heterocycles. The van der Waals surface area contributed by atoms with E-state index in [4.69, 9.17) is 0 Å². The molecule has 0 amide bonds. The molecule has 1 aliphatic heterocycles. The first-order chi connectivity index (χ1) is 9.99. The SMILES string of the molecule is Cn1c(N2CCNC[C@@H](O)C2)nc2c1c(=O)[nH]c(=O)n2C. The van der Waals surface area contributed by atoms with Crippen molar-refractivity contribution in [2.24, 2.45) is 14.1 Å². The maximum absolute atomic E-state index is 12.0. The molecule has 0 unspecified atom stereocenters. The van der Waals surface area contributed by atoms with E-state index in [1.807, 2.05) is 4.90 Å². The van der Waals surface area contributed by atoms with Crippen LogP contribution in [-0.2, 0) is 14.1 Å². The molecule has 2 aromatic rings. The lowest BCUT2D eigenvalue weighted by molar-refractivity contribution is 0.184. The van der Waals surface area contributed by atoms with Gasteiger partial charge in [-0.15, -0.1) is 0 Å². The summed E-state index contributed by atoms with van der Waals surface area (Å²) in [6, 6.07) is 0. The van der Waals surface area contributed by atoms with Crippen molar-refractivity contribution < 1.29 is 5.11 Å². The molecular formula is C12H18N6O3. The largest absolute Gasteiger partial charge is 0.390 e. The highest BCUT2D eigenvalue weighted by molar-refractivity contribution is 5.74. The van der Waals surface area contributed by atoms with E-state index in [1.165, 1.54) is 4.57 Å². The lowest BCUT2D eigenvalue weighted by Gasteiger charge is -2.22. The molecule has 1 atom stereocenters. The molecule has 0 spiro atoms. The summed E-state index contributed by atoms with van der Waals surface area (Å²) in [5.74, 6) is 0.569. The third kappa shape index (κ3) is 2.24. The fourth-order valence-electron chi connectivity index (χ4n) is 2.65. The number of nitrogens with zero attached hydrogens (tertiary/aromatic N) is 4. The number of imidazole rings is 1. The highest BCUT2D eigenvalue weighted by Gasteiger charge is 2.22. The van der Waals surface area contributed by atoms with Gasteiger partial charge in [0.1, 0.15) is 0 Å². The first kappa shape index (κ1) is 13.8. The maximum atomic E-state index is 12.0. The van der Waals surface area contributed by atoms with Crippen molar-refractivity contribution in [2.45, 2.75) is 6.10 Å². The molecule has 0 aromatic carbocycles. The molecule has 0 aliphatic carbocycles. The molecule has 0 bridgehead atoms. The van der Waals surface area contributed by atoms with Gasteiger partial charge < -0.3 is 19.9 Å². The molecule has 3 heterocycles. The molecular weight excluding hydrogens is 276 g/mol. The number of aryl methyl sites for hydroxylation is 2. The molecule has 9 heteroatoms. The van der Waals surface area contributed by atoms with E-state index in [0.29, 0.717) is 36.7 Å². The minimum Gasteiger partial charge on any atom is -0.390 e. The van der Waals surface area contributed by atoms with Crippen molar-refractivity contribution in [3.8, 4) is 0 Å². The molecule has 1 aliphatic rings. The number of β-amino-alcohol motifs (C(OH)–C–C–N with tert-alkyl or cyclic N) is 1. The van der Waals surface area contributed by atoms with Crippen LogP contribution in [0, 0.1) is 0 Å². The average Bonchev–Trinajstić information content (AvgIpc) is 2.62. The number of anilines is 1. The zero-order valence-corrected chi connectivity index (χ0v) is 12.0. The Kier molecular flexibility index (Phi) is 3.30. The van der Waals surface area contributed by atoms with Crippen LogP contribution >= 0.6 is 0 Å². The van der Waals surface area contributed by atoms with Gasteiger partial charge in [0.25, 0.3) is 5.56 Å². The smallest absolute Gasteiger partial charge is 0.329 e. The van der Waals surface area contributed by atoms with Crippen LogP contribution in [0.3, 0.4) is 0 Å².